The van der Waals surface area contributed by atoms with Gasteiger partial charge in [-0.15, -0.1) is 22.9 Å². The second-order valence-electron chi connectivity index (χ2n) is 4.94. The van der Waals surface area contributed by atoms with Gasteiger partial charge in [0.05, 0.1) is 23.2 Å². The molecular weight excluding hydrogens is 268 g/mol. The molecule has 1 heterocycles. The zero-order chi connectivity index (χ0) is 12.8. The second kappa shape index (κ2) is 7.43. The first-order valence-corrected chi connectivity index (χ1v) is 7.95. The van der Waals surface area contributed by atoms with E-state index in [1.807, 2.05) is 5.38 Å². The van der Waals surface area contributed by atoms with E-state index in [0.29, 0.717) is 5.88 Å². The molecule has 0 unspecified atom stereocenters. The summed E-state index contributed by atoms with van der Waals surface area (Å²) in [6, 6.07) is 0. The van der Waals surface area contributed by atoms with Gasteiger partial charge in [0.25, 0.3) is 0 Å². The van der Waals surface area contributed by atoms with Crippen molar-refractivity contribution in [1.82, 2.24) is 9.88 Å². The smallest absolute Gasteiger partial charge is 0.0941 e. The Bertz CT molecular complexity index is 355. The van der Waals surface area contributed by atoms with Gasteiger partial charge in [0, 0.05) is 31.5 Å². The van der Waals surface area contributed by atoms with E-state index < -0.39 is 0 Å². The number of thiazole rings is 1. The summed E-state index contributed by atoms with van der Waals surface area (Å²) in [5, 5.41) is 3.22. The summed E-state index contributed by atoms with van der Waals surface area (Å²) in [7, 11) is 2.14. The molecule has 0 aromatic carbocycles. The summed E-state index contributed by atoms with van der Waals surface area (Å²) >= 11 is 7.44. The van der Waals surface area contributed by atoms with Crippen LogP contribution in [-0.4, -0.2) is 43.2 Å². The summed E-state index contributed by atoms with van der Waals surface area (Å²) in [6.07, 6.45) is 3.73. The van der Waals surface area contributed by atoms with Crippen molar-refractivity contribution in [3.63, 3.8) is 0 Å². The molecule has 1 aliphatic carbocycles. The molecule has 0 amide bonds. The van der Waals surface area contributed by atoms with Gasteiger partial charge in [0.1, 0.15) is 0 Å². The average Bonchev–Trinajstić information content (AvgIpc) is 3.09. The Morgan fingerprint density at radius 2 is 2.33 bits per heavy atom. The molecule has 0 spiro atoms. The fraction of sp³-hybridized carbons (Fsp3) is 0.769. The SMILES string of the molecule is CN(CCOCC1CC1)CCc1nc(CCl)cs1. The molecule has 1 fully saturated rings. The molecule has 18 heavy (non-hydrogen) atoms. The lowest BCUT2D eigenvalue weighted by atomic mass is 10.4. The third-order valence-electron chi connectivity index (χ3n) is 3.11. The van der Waals surface area contributed by atoms with Gasteiger partial charge >= 0.3 is 0 Å². The van der Waals surface area contributed by atoms with Crippen molar-refractivity contribution in [3.8, 4) is 0 Å². The van der Waals surface area contributed by atoms with Crippen LogP contribution in [0.4, 0.5) is 0 Å². The summed E-state index contributed by atoms with van der Waals surface area (Å²) in [4.78, 5) is 6.76. The van der Waals surface area contributed by atoms with Gasteiger partial charge < -0.3 is 9.64 Å². The van der Waals surface area contributed by atoms with E-state index in [1.165, 1.54) is 17.8 Å². The van der Waals surface area contributed by atoms with E-state index in [4.69, 9.17) is 16.3 Å². The fourth-order valence-electron chi connectivity index (χ4n) is 1.68. The maximum absolute atomic E-state index is 5.74. The van der Waals surface area contributed by atoms with Gasteiger partial charge in [0.2, 0.25) is 0 Å². The number of halogens is 1. The Hall–Kier alpha value is -0.160. The lowest BCUT2D eigenvalue weighted by molar-refractivity contribution is 0.104. The molecule has 0 radical (unpaired) electrons. The number of rotatable bonds is 9. The van der Waals surface area contributed by atoms with E-state index in [2.05, 4.69) is 16.9 Å². The van der Waals surface area contributed by atoms with Gasteiger partial charge in [-0.25, -0.2) is 4.98 Å². The average molecular weight is 289 g/mol. The Morgan fingerprint density at radius 3 is 3.00 bits per heavy atom. The number of alkyl halides is 1. The molecule has 1 aromatic heterocycles. The van der Waals surface area contributed by atoms with Crippen molar-refractivity contribution in [1.29, 1.82) is 0 Å². The van der Waals surface area contributed by atoms with Gasteiger partial charge in [-0.3, -0.25) is 0 Å². The topological polar surface area (TPSA) is 25.4 Å². The maximum Gasteiger partial charge on any atom is 0.0941 e. The second-order valence-corrected chi connectivity index (χ2v) is 6.15. The van der Waals surface area contributed by atoms with Gasteiger partial charge in [-0.2, -0.15) is 0 Å². The molecule has 0 N–H and O–H groups in total. The maximum atomic E-state index is 5.74. The molecule has 0 atom stereocenters. The Morgan fingerprint density at radius 1 is 1.50 bits per heavy atom. The molecule has 0 aliphatic heterocycles. The number of ether oxygens (including phenoxy) is 1. The molecule has 5 heteroatoms. The molecule has 1 aliphatic rings. The Kier molecular flexibility index (Phi) is 5.89. The van der Waals surface area contributed by atoms with Crippen LogP contribution in [0.15, 0.2) is 5.38 Å². The van der Waals surface area contributed by atoms with Crippen LogP contribution < -0.4 is 0 Å². The normalized spacial score (nSPS) is 15.5. The number of nitrogens with zero attached hydrogens (tertiary/aromatic N) is 2. The van der Waals surface area contributed by atoms with Crippen LogP contribution in [0.25, 0.3) is 0 Å². The number of hydrogen-bond acceptors (Lipinski definition) is 4. The van der Waals surface area contributed by atoms with E-state index >= 15 is 0 Å². The lowest BCUT2D eigenvalue weighted by Crippen LogP contribution is -2.25. The van der Waals surface area contributed by atoms with Crippen LogP contribution >= 0.6 is 22.9 Å². The Labute approximate surface area is 118 Å². The van der Waals surface area contributed by atoms with Crippen LogP contribution in [0.1, 0.15) is 23.5 Å². The molecule has 0 bridgehead atoms. The minimum absolute atomic E-state index is 0.515. The molecule has 1 aromatic rings. The predicted octanol–water partition coefficient (Wildman–Crippen LogP) is 2.78. The summed E-state index contributed by atoms with van der Waals surface area (Å²) in [6.45, 7) is 3.83. The minimum atomic E-state index is 0.515. The van der Waals surface area contributed by atoms with Crippen LogP contribution in [0, 0.1) is 5.92 Å². The van der Waals surface area contributed by atoms with Crippen LogP contribution in [-0.2, 0) is 17.0 Å². The van der Waals surface area contributed by atoms with E-state index in [-0.39, 0.29) is 0 Å². The summed E-state index contributed by atoms with van der Waals surface area (Å²) < 4.78 is 5.63. The number of hydrogen-bond donors (Lipinski definition) is 0. The van der Waals surface area contributed by atoms with Crippen LogP contribution in [0.2, 0.25) is 0 Å². The first kappa shape index (κ1) is 14.3. The standard InChI is InChI=1S/C13H21ClN2OS/c1-16(6-7-17-9-11-2-3-11)5-4-13-15-12(8-14)10-18-13/h10-11H,2-9H2,1H3. The molecule has 0 saturated heterocycles. The van der Waals surface area contributed by atoms with Crippen LogP contribution in [0.5, 0.6) is 0 Å². The molecular formula is C13H21ClN2OS. The highest BCUT2D eigenvalue weighted by molar-refractivity contribution is 7.09. The van der Waals surface area contributed by atoms with Crippen molar-refractivity contribution in [3.05, 3.63) is 16.1 Å². The van der Waals surface area contributed by atoms with Crippen molar-refractivity contribution < 1.29 is 4.74 Å². The quantitative estimate of drug-likeness (QED) is 0.516. The highest BCUT2D eigenvalue weighted by Gasteiger charge is 2.20. The molecule has 2 rings (SSSR count). The summed E-state index contributed by atoms with van der Waals surface area (Å²) in [5.74, 6) is 1.38. The first-order chi connectivity index (χ1) is 8.78. The minimum Gasteiger partial charge on any atom is -0.380 e. The van der Waals surface area contributed by atoms with Crippen molar-refractivity contribution in [2.45, 2.75) is 25.1 Å². The van der Waals surface area contributed by atoms with E-state index in [9.17, 15) is 0 Å². The lowest BCUT2D eigenvalue weighted by Gasteiger charge is -2.15. The number of likely N-dealkylation sites (N-methyl/N-ethyl adjacent to an activating group) is 1. The van der Waals surface area contributed by atoms with E-state index in [0.717, 1.165) is 44.3 Å². The monoisotopic (exact) mass is 288 g/mol. The van der Waals surface area contributed by atoms with E-state index in [1.54, 1.807) is 11.3 Å². The summed E-state index contributed by atoms with van der Waals surface area (Å²) in [5.41, 5.74) is 0.993. The molecule has 1 saturated carbocycles. The van der Waals surface area contributed by atoms with Gasteiger partial charge in [0.15, 0.2) is 0 Å². The predicted molar refractivity (Wildman–Crippen MR) is 76.4 cm³/mol. The Balaban J connectivity index is 1.54. The first-order valence-electron chi connectivity index (χ1n) is 6.53. The third-order valence-corrected chi connectivity index (χ3v) is 4.34. The van der Waals surface area contributed by atoms with Gasteiger partial charge in [-0.05, 0) is 25.8 Å². The highest BCUT2D eigenvalue weighted by Crippen LogP contribution is 2.28. The molecule has 102 valence electrons. The van der Waals surface area contributed by atoms with Crippen LogP contribution in [0.3, 0.4) is 0 Å². The van der Waals surface area contributed by atoms with Gasteiger partial charge in [-0.1, -0.05) is 0 Å². The van der Waals surface area contributed by atoms with Crippen molar-refractivity contribution >= 4 is 22.9 Å². The molecule has 3 nitrogen and oxygen atoms in total. The van der Waals surface area contributed by atoms with Crippen molar-refractivity contribution in [2.75, 3.05) is 33.4 Å². The zero-order valence-corrected chi connectivity index (χ0v) is 12.5. The van der Waals surface area contributed by atoms with Crippen molar-refractivity contribution in [2.24, 2.45) is 5.92 Å². The third kappa shape index (κ3) is 5.22. The highest BCUT2D eigenvalue weighted by atomic mass is 35.5. The zero-order valence-electron chi connectivity index (χ0n) is 10.9. The fourth-order valence-corrected chi connectivity index (χ4v) is 2.69. The largest absolute Gasteiger partial charge is 0.380 e. The number of aromatic nitrogens is 1.